The number of methoxy groups -OCH3 is 1. The summed E-state index contributed by atoms with van der Waals surface area (Å²) >= 11 is 0. The van der Waals surface area contributed by atoms with E-state index in [4.69, 9.17) is 4.74 Å². The van der Waals surface area contributed by atoms with Crippen LogP contribution in [0.15, 0.2) is 48.5 Å². The van der Waals surface area contributed by atoms with Gasteiger partial charge < -0.3 is 15.4 Å². The fourth-order valence-corrected chi connectivity index (χ4v) is 2.66. The van der Waals surface area contributed by atoms with Gasteiger partial charge in [-0.25, -0.2) is 0 Å². The first-order valence-corrected chi connectivity index (χ1v) is 7.69. The zero-order valence-corrected chi connectivity index (χ0v) is 13.6. The number of fused-ring (bicyclic) bond motifs is 1. The molecule has 0 radical (unpaired) electrons. The number of carbonyl (C=O) groups is 2. The summed E-state index contributed by atoms with van der Waals surface area (Å²) < 4.78 is 5.12. The highest BCUT2D eigenvalue weighted by molar-refractivity contribution is 6.11. The Balaban J connectivity index is 1.76. The van der Waals surface area contributed by atoms with Crippen molar-refractivity contribution in [1.29, 1.82) is 0 Å². The van der Waals surface area contributed by atoms with Gasteiger partial charge in [0.2, 0.25) is 11.8 Å². The summed E-state index contributed by atoms with van der Waals surface area (Å²) in [7, 11) is 1.60. The summed E-state index contributed by atoms with van der Waals surface area (Å²) in [5.41, 5.74) is 2.18. The first kappa shape index (κ1) is 15.9. The van der Waals surface area contributed by atoms with Crippen LogP contribution in [0.25, 0.3) is 0 Å². The van der Waals surface area contributed by atoms with E-state index in [1.165, 1.54) is 4.90 Å². The molecule has 2 aromatic carbocycles. The topological polar surface area (TPSA) is 70.7 Å². The third-order valence-electron chi connectivity index (χ3n) is 3.88. The second kappa shape index (κ2) is 6.62. The molecule has 2 aromatic rings. The highest BCUT2D eigenvalue weighted by Crippen LogP contribution is 2.29. The molecule has 0 spiro atoms. The van der Waals surface area contributed by atoms with Gasteiger partial charge in [-0.2, -0.15) is 0 Å². The van der Waals surface area contributed by atoms with Crippen LogP contribution < -0.4 is 20.3 Å². The molecule has 2 N–H and O–H groups in total. The number of carbonyl (C=O) groups excluding carboxylic acids is 2. The molecule has 6 heteroatoms. The van der Waals surface area contributed by atoms with Crippen molar-refractivity contribution in [3.63, 3.8) is 0 Å². The second-order valence-electron chi connectivity index (χ2n) is 5.58. The third-order valence-corrected chi connectivity index (χ3v) is 3.88. The molecule has 3 rings (SSSR count). The maximum Gasteiger partial charge on any atom is 0.249 e. The van der Waals surface area contributed by atoms with E-state index in [1.54, 1.807) is 20.1 Å². The van der Waals surface area contributed by atoms with Crippen LogP contribution in [0.2, 0.25) is 0 Å². The van der Waals surface area contributed by atoms with Crippen molar-refractivity contribution < 1.29 is 14.3 Å². The first-order chi connectivity index (χ1) is 11.6. The largest absolute Gasteiger partial charge is 0.497 e. The standard InChI is InChI=1S/C18H19N3O3/c1-12(19-13-7-9-14(24-2)10-8-13)18(23)21-11-17(22)20-15-5-3-4-6-16(15)21/h3-10,12,19H,11H2,1-2H3,(H,20,22)/t12-/m0/s1. The van der Waals surface area contributed by atoms with E-state index in [1.807, 2.05) is 42.5 Å². The molecule has 0 bridgehead atoms. The van der Waals surface area contributed by atoms with Gasteiger partial charge in [-0.15, -0.1) is 0 Å². The van der Waals surface area contributed by atoms with Crippen LogP contribution >= 0.6 is 0 Å². The van der Waals surface area contributed by atoms with Gasteiger partial charge >= 0.3 is 0 Å². The molecule has 0 unspecified atom stereocenters. The second-order valence-corrected chi connectivity index (χ2v) is 5.58. The number of hydrogen-bond donors (Lipinski definition) is 2. The Kier molecular flexibility index (Phi) is 4.37. The number of nitrogens with zero attached hydrogens (tertiary/aromatic N) is 1. The molecule has 6 nitrogen and oxygen atoms in total. The minimum atomic E-state index is -0.475. The van der Waals surface area contributed by atoms with Crippen molar-refractivity contribution in [2.24, 2.45) is 0 Å². The molecular formula is C18H19N3O3. The molecule has 1 heterocycles. The number of ether oxygens (including phenoxy) is 1. The summed E-state index contributed by atoms with van der Waals surface area (Å²) in [5, 5.41) is 5.94. The minimum absolute atomic E-state index is 0.0183. The van der Waals surface area contributed by atoms with Crippen LogP contribution in [-0.4, -0.2) is 31.5 Å². The number of hydrogen-bond acceptors (Lipinski definition) is 4. The predicted molar refractivity (Wildman–Crippen MR) is 93.5 cm³/mol. The van der Waals surface area contributed by atoms with Gasteiger partial charge in [-0.3, -0.25) is 14.5 Å². The summed E-state index contributed by atoms with van der Waals surface area (Å²) in [4.78, 5) is 26.2. The minimum Gasteiger partial charge on any atom is -0.497 e. The molecule has 0 aliphatic carbocycles. The molecule has 1 atom stereocenters. The van der Waals surface area contributed by atoms with Gasteiger partial charge in [-0.1, -0.05) is 12.1 Å². The highest BCUT2D eigenvalue weighted by atomic mass is 16.5. The van der Waals surface area contributed by atoms with E-state index < -0.39 is 6.04 Å². The highest BCUT2D eigenvalue weighted by Gasteiger charge is 2.29. The summed E-state index contributed by atoms with van der Waals surface area (Å²) in [6.45, 7) is 1.80. The molecule has 124 valence electrons. The van der Waals surface area contributed by atoms with E-state index in [9.17, 15) is 9.59 Å². The Morgan fingerprint density at radius 3 is 2.62 bits per heavy atom. The third kappa shape index (κ3) is 3.17. The molecule has 0 fully saturated rings. The maximum absolute atomic E-state index is 12.8. The molecule has 1 aliphatic heterocycles. The van der Waals surface area contributed by atoms with Crippen LogP contribution in [0, 0.1) is 0 Å². The van der Waals surface area contributed by atoms with E-state index in [-0.39, 0.29) is 18.4 Å². The molecule has 2 amide bonds. The summed E-state index contributed by atoms with van der Waals surface area (Å²) in [6, 6.07) is 14.1. The molecule has 24 heavy (non-hydrogen) atoms. The molecular weight excluding hydrogens is 306 g/mol. The fourth-order valence-electron chi connectivity index (χ4n) is 2.66. The normalized spacial score (nSPS) is 14.4. The molecule has 0 aromatic heterocycles. The van der Waals surface area contributed by atoms with Gasteiger partial charge in [0.15, 0.2) is 0 Å². The zero-order valence-electron chi connectivity index (χ0n) is 13.6. The van der Waals surface area contributed by atoms with Crippen LogP contribution in [0.1, 0.15) is 6.92 Å². The lowest BCUT2D eigenvalue weighted by Crippen LogP contribution is -2.47. The monoisotopic (exact) mass is 325 g/mol. The number of para-hydroxylation sites is 2. The van der Waals surface area contributed by atoms with Crippen molar-refractivity contribution in [2.45, 2.75) is 13.0 Å². The number of amides is 2. The lowest BCUT2D eigenvalue weighted by Gasteiger charge is -2.31. The SMILES string of the molecule is COc1ccc(N[C@@H](C)C(=O)N2CC(=O)Nc3ccccc32)cc1. The Bertz CT molecular complexity index is 758. The van der Waals surface area contributed by atoms with Crippen molar-refractivity contribution >= 4 is 28.9 Å². The van der Waals surface area contributed by atoms with Crippen molar-refractivity contribution in [3.05, 3.63) is 48.5 Å². The predicted octanol–water partition coefficient (Wildman–Crippen LogP) is 2.48. The van der Waals surface area contributed by atoms with Crippen molar-refractivity contribution in [3.8, 4) is 5.75 Å². The quantitative estimate of drug-likeness (QED) is 0.906. The van der Waals surface area contributed by atoms with Crippen molar-refractivity contribution in [1.82, 2.24) is 0 Å². The van der Waals surface area contributed by atoms with Crippen LogP contribution in [0.3, 0.4) is 0 Å². The summed E-state index contributed by atoms with van der Waals surface area (Å²) in [6.07, 6.45) is 0. The number of nitrogens with one attached hydrogen (secondary N) is 2. The first-order valence-electron chi connectivity index (χ1n) is 7.69. The summed E-state index contributed by atoms with van der Waals surface area (Å²) in [5.74, 6) is 0.396. The van der Waals surface area contributed by atoms with Crippen LogP contribution in [-0.2, 0) is 9.59 Å². The van der Waals surface area contributed by atoms with Gasteiger partial charge in [0.1, 0.15) is 18.3 Å². The Labute approximate surface area is 140 Å². The number of benzene rings is 2. The van der Waals surface area contributed by atoms with Crippen LogP contribution in [0.4, 0.5) is 17.1 Å². The van der Waals surface area contributed by atoms with E-state index in [0.29, 0.717) is 11.4 Å². The molecule has 0 saturated carbocycles. The Morgan fingerprint density at radius 1 is 1.21 bits per heavy atom. The smallest absolute Gasteiger partial charge is 0.249 e. The van der Waals surface area contributed by atoms with E-state index >= 15 is 0 Å². The van der Waals surface area contributed by atoms with Gasteiger partial charge in [-0.05, 0) is 43.3 Å². The van der Waals surface area contributed by atoms with E-state index in [0.717, 1.165) is 11.4 Å². The van der Waals surface area contributed by atoms with Crippen molar-refractivity contribution in [2.75, 3.05) is 29.2 Å². The van der Waals surface area contributed by atoms with E-state index in [2.05, 4.69) is 10.6 Å². The zero-order chi connectivity index (χ0) is 17.1. The fraction of sp³-hybridized carbons (Fsp3) is 0.222. The van der Waals surface area contributed by atoms with Gasteiger partial charge in [0.25, 0.3) is 0 Å². The lowest BCUT2D eigenvalue weighted by molar-refractivity contribution is -0.122. The maximum atomic E-state index is 12.8. The lowest BCUT2D eigenvalue weighted by atomic mass is 10.1. The number of anilines is 3. The molecule has 0 saturated heterocycles. The Hall–Kier alpha value is -3.02. The number of rotatable bonds is 4. The van der Waals surface area contributed by atoms with Gasteiger partial charge in [0.05, 0.1) is 18.5 Å². The molecule has 1 aliphatic rings. The average Bonchev–Trinajstić information content (AvgIpc) is 2.61. The Morgan fingerprint density at radius 2 is 1.92 bits per heavy atom. The van der Waals surface area contributed by atoms with Gasteiger partial charge in [0, 0.05) is 5.69 Å². The van der Waals surface area contributed by atoms with Crippen LogP contribution in [0.5, 0.6) is 5.75 Å². The average molecular weight is 325 g/mol.